The van der Waals surface area contributed by atoms with Crippen LogP contribution in [0.5, 0.6) is 0 Å². The molecular formula is C18H26N4. The van der Waals surface area contributed by atoms with Gasteiger partial charge in [0, 0.05) is 31.6 Å². The third-order valence-corrected chi connectivity index (χ3v) is 4.52. The molecule has 118 valence electrons. The summed E-state index contributed by atoms with van der Waals surface area (Å²) >= 11 is 0. The van der Waals surface area contributed by atoms with Gasteiger partial charge in [-0.05, 0) is 38.8 Å². The summed E-state index contributed by atoms with van der Waals surface area (Å²) in [5.74, 6) is 1.98. The van der Waals surface area contributed by atoms with Crippen LogP contribution in [0.15, 0.2) is 24.3 Å². The van der Waals surface area contributed by atoms with E-state index in [0.717, 1.165) is 48.8 Å². The lowest BCUT2D eigenvalue weighted by Crippen LogP contribution is -2.28. The Morgan fingerprint density at radius 1 is 0.955 bits per heavy atom. The Balaban J connectivity index is 2.07. The summed E-state index contributed by atoms with van der Waals surface area (Å²) in [6, 6.07) is 8.37. The van der Waals surface area contributed by atoms with Crippen LogP contribution in [0.2, 0.25) is 0 Å². The highest BCUT2D eigenvalue weighted by atomic mass is 15.3. The van der Waals surface area contributed by atoms with Crippen molar-refractivity contribution in [3.63, 3.8) is 0 Å². The van der Waals surface area contributed by atoms with Crippen LogP contribution < -0.4 is 9.80 Å². The Labute approximate surface area is 133 Å². The van der Waals surface area contributed by atoms with Crippen molar-refractivity contribution in [3.8, 4) is 0 Å². The number of nitrogens with zero attached hydrogens (tertiary/aromatic N) is 4. The van der Waals surface area contributed by atoms with Crippen LogP contribution in [0.4, 0.5) is 11.8 Å². The van der Waals surface area contributed by atoms with Crippen LogP contribution in [-0.2, 0) is 0 Å². The highest BCUT2D eigenvalue weighted by Gasteiger charge is 2.17. The largest absolute Gasteiger partial charge is 0.356 e. The second-order valence-electron chi connectivity index (χ2n) is 5.94. The van der Waals surface area contributed by atoms with E-state index < -0.39 is 0 Å². The second-order valence-corrected chi connectivity index (χ2v) is 5.94. The molecule has 0 saturated carbocycles. The molecule has 0 aliphatic carbocycles. The van der Waals surface area contributed by atoms with Crippen molar-refractivity contribution >= 4 is 22.7 Å². The average molecular weight is 298 g/mol. The average Bonchev–Trinajstić information content (AvgIpc) is 2.85. The zero-order valence-electron chi connectivity index (χ0n) is 13.8. The molecule has 1 aliphatic rings. The van der Waals surface area contributed by atoms with Crippen LogP contribution in [0.3, 0.4) is 0 Å². The first-order valence-electron chi connectivity index (χ1n) is 8.60. The predicted octanol–water partition coefficient (Wildman–Crippen LogP) is 3.86. The topological polar surface area (TPSA) is 32.3 Å². The van der Waals surface area contributed by atoms with Gasteiger partial charge in [-0.15, -0.1) is 0 Å². The van der Waals surface area contributed by atoms with E-state index in [0.29, 0.717) is 0 Å². The fraction of sp³-hybridized carbons (Fsp3) is 0.556. The van der Waals surface area contributed by atoms with Gasteiger partial charge in [0.25, 0.3) is 0 Å². The summed E-state index contributed by atoms with van der Waals surface area (Å²) in [5.41, 5.74) is 1.05. The molecule has 1 aromatic heterocycles. The first-order valence-corrected chi connectivity index (χ1v) is 8.60. The molecule has 2 aromatic rings. The molecule has 3 rings (SSSR count). The molecule has 1 aromatic carbocycles. The van der Waals surface area contributed by atoms with E-state index in [-0.39, 0.29) is 0 Å². The maximum Gasteiger partial charge on any atom is 0.227 e. The SMILES string of the molecule is CCN(CC)c1nc(N2CCCCCC2)nc2ccccc12. The van der Waals surface area contributed by atoms with Gasteiger partial charge in [0.15, 0.2) is 0 Å². The molecule has 1 fully saturated rings. The lowest BCUT2D eigenvalue weighted by molar-refractivity contribution is 0.726. The number of hydrogen-bond acceptors (Lipinski definition) is 4. The smallest absolute Gasteiger partial charge is 0.227 e. The van der Waals surface area contributed by atoms with Crippen molar-refractivity contribution in [2.24, 2.45) is 0 Å². The third kappa shape index (κ3) is 3.01. The molecule has 0 radical (unpaired) electrons. The van der Waals surface area contributed by atoms with Crippen molar-refractivity contribution in [1.82, 2.24) is 9.97 Å². The van der Waals surface area contributed by atoms with Crippen LogP contribution >= 0.6 is 0 Å². The van der Waals surface area contributed by atoms with Crippen LogP contribution in [-0.4, -0.2) is 36.1 Å². The van der Waals surface area contributed by atoms with E-state index in [1.165, 1.54) is 25.7 Å². The zero-order valence-corrected chi connectivity index (χ0v) is 13.8. The molecule has 0 bridgehead atoms. The van der Waals surface area contributed by atoms with Gasteiger partial charge in [0.05, 0.1) is 5.52 Å². The van der Waals surface area contributed by atoms with Crippen molar-refractivity contribution in [2.75, 3.05) is 36.0 Å². The van der Waals surface area contributed by atoms with Crippen molar-refractivity contribution in [3.05, 3.63) is 24.3 Å². The minimum atomic E-state index is 0.905. The highest BCUT2D eigenvalue weighted by molar-refractivity contribution is 5.90. The van der Waals surface area contributed by atoms with Crippen molar-refractivity contribution in [1.29, 1.82) is 0 Å². The fourth-order valence-corrected chi connectivity index (χ4v) is 3.22. The van der Waals surface area contributed by atoms with Crippen LogP contribution in [0, 0.1) is 0 Å². The molecule has 0 unspecified atom stereocenters. The first kappa shape index (κ1) is 15.1. The molecule has 4 nitrogen and oxygen atoms in total. The molecule has 2 heterocycles. The Kier molecular flexibility index (Phi) is 4.76. The maximum absolute atomic E-state index is 4.95. The lowest BCUT2D eigenvalue weighted by Gasteiger charge is -2.25. The molecule has 1 aliphatic heterocycles. The number of para-hydroxylation sites is 1. The number of benzene rings is 1. The van der Waals surface area contributed by atoms with E-state index >= 15 is 0 Å². The van der Waals surface area contributed by atoms with Gasteiger partial charge in [-0.3, -0.25) is 0 Å². The summed E-state index contributed by atoms with van der Waals surface area (Å²) in [4.78, 5) is 14.5. The Morgan fingerprint density at radius 2 is 1.64 bits per heavy atom. The van der Waals surface area contributed by atoms with E-state index in [4.69, 9.17) is 9.97 Å². The normalized spacial score (nSPS) is 15.8. The number of fused-ring (bicyclic) bond motifs is 1. The fourth-order valence-electron chi connectivity index (χ4n) is 3.22. The van der Waals surface area contributed by atoms with Gasteiger partial charge < -0.3 is 9.80 Å². The number of hydrogen-bond donors (Lipinski definition) is 0. The molecular weight excluding hydrogens is 272 g/mol. The second kappa shape index (κ2) is 6.95. The van der Waals surface area contributed by atoms with Crippen LogP contribution in [0.25, 0.3) is 10.9 Å². The van der Waals surface area contributed by atoms with Crippen LogP contribution in [0.1, 0.15) is 39.5 Å². The van der Waals surface area contributed by atoms with E-state index in [1.807, 2.05) is 0 Å². The Hall–Kier alpha value is -1.84. The summed E-state index contributed by atoms with van der Waals surface area (Å²) in [6.07, 6.45) is 5.15. The minimum absolute atomic E-state index is 0.905. The highest BCUT2D eigenvalue weighted by Crippen LogP contribution is 2.27. The first-order chi connectivity index (χ1) is 10.8. The van der Waals surface area contributed by atoms with Gasteiger partial charge in [-0.2, -0.15) is 4.98 Å². The number of anilines is 2. The number of rotatable bonds is 4. The lowest BCUT2D eigenvalue weighted by atomic mass is 10.2. The Morgan fingerprint density at radius 3 is 2.32 bits per heavy atom. The molecule has 4 heteroatoms. The van der Waals surface area contributed by atoms with Gasteiger partial charge in [0.2, 0.25) is 5.95 Å². The quantitative estimate of drug-likeness (QED) is 0.858. The third-order valence-electron chi connectivity index (χ3n) is 4.52. The zero-order chi connectivity index (χ0) is 15.4. The van der Waals surface area contributed by atoms with Gasteiger partial charge in [-0.1, -0.05) is 25.0 Å². The van der Waals surface area contributed by atoms with E-state index in [9.17, 15) is 0 Å². The summed E-state index contributed by atoms with van der Waals surface area (Å²) in [5, 5.41) is 1.16. The standard InChI is InChI=1S/C18H26N4/c1-3-21(4-2)17-15-11-7-8-12-16(15)19-18(20-17)22-13-9-5-6-10-14-22/h7-8,11-12H,3-6,9-10,13-14H2,1-2H3. The van der Waals surface area contributed by atoms with E-state index in [1.54, 1.807) is 0 Å². The Bertz CT molecular complexity index is 614. The van der Waals surface area contributed by atoms with Gasteiger partial charge in [0.1, 0.15) is 5.82 Å². The molecule has 0 spiro atoms. The van der Waals surface area contributed by atoms with Gasteiger partial charge in [-0.25, -0.2) is 4.98 Å². The molecule has 1 saturated heterocycles. The minimum Gasteiger partial charge on any atom is -0.356 e. The predicted molar refractivity (Wildman–Crippen MR) is 93.8 cm³/mol. The van der Waals surface area contributed by atoms with Gasteiger partial charge >= 0.3 is 0 Å². The molecule has 0 N–H and O–H groups in total. The monoisotopic (exact) mass is 298 g/mol. The maximum atomic E-state index is 4.95. The number of aromatic nitrogens is 2. The summed E-state index contributed by atoms with van der Waals surface area (Å²) in [6.45, 7) is 8.47. The van der Waals surface area contributed by atoms with Crippen molar-refractivity contribution in [2.45, 2.75) is 39.5 Å². The van der Waals surface area contributed by atoms with E-state index in [2.05, 4.69) is 47.9 Å². The molecule has 0 atom stereocenters. The molecule has 0 amide bonds. The van der Waals surface area contributed by atoms with Crippen molar-refractivity contribution < 1.29 is 0 Å². The molecule has 22 heavy (non-hydrogen) atoms. The summed E-state index contributed by atoms with van der Waals surface area (Å²) < 4.78 is 0. The summed E-state index contributed by atoms with van der Waals surface area (Å²) in [7, 11) is 0.